The summed E-state index contributed by atoms with van der Waals surface area (Å²) in [5, 5.41) is 0. The van der Waals surface area contributed by atoms with Crippen molar-refractivity contribution in [3.63, 3.8) is 0 Å². The molecule has 0 heterocycles. The highest BCUT2D eigenvalue weighted by Crippen LogP contribution is 2.09. The van der Waals surface area contributed by atoms with Crippen LogP contribution in [0.15, 0.2) is 12.7 Å². The Morgan fingerprint density at radius 1 is 1.17 bits per heavy atom. The van der Waals surface area contributed by atoms with E-state index in [2.05, 4.69) is 6.58 Å². The lowest BCUT2D eigenvalue weighted by molar-refractivity contribution is -0.114. The number of ketones is 1. The summed E-state index contributed by atoms with van der Waals surface area (Å²) in [7, 11) is -6.51. The van der Waals surface area contributed by atoms with Gasteiger partial charge in [-0.05, 0) is 18.9 Å². The van der Waals surface area contributed by atoms with Gasteiger partial charge in [0.2, 0.25) is 20.0 Å². The first kappa shape index (κ1) is 17.3. The number of unbranched alkanes of at least 4 members (excludes halogenated alkanes) is 2. The third-order valence-corrected chi connectivity index (χ3v) is 6.43. The van der Waals surface area contributed by atoms with Crippen molar-refractivity contribution >= 4 is 25.8 Å². The Labute approximate surface area is 109 Å². The summed E-state index contributed by atoms with van der Waals surface area (Å²) in [6, 6.07) is 0. The topological polar surface area (TPSA) is 88.6 Å². The van der Waals surface area contributed by atoms with Crippen LogP contribution in [0.5, 0.6) is 0 Å². The number of sulfonamides is 2. The summed E-state index contributed by atoms with van der Waals surface area (Å²) in [4.78, 5) is 10.9. The van der Waals surface area contributed by atoms with Gasteiger partial charge >= 0.3 is 0 Å². The molecular formula is C10H19NO5S2. The zero-order chi connectivity index (χ0) is 14.4. The van der Waals surface area contributed by atoms with E-state index in [1.807, 2.05) is 0 Å². The lowest BCUT2D eigenvalue weighted by Crippen LogP contribution is -2.34. The van der Waals surface area contributed by atoms with Gasteiger partial charge in [0.15, 0.2) is 5.78 Å². The number of rotatable bonds is 9. The first-order valence-electron chi connectivity index (χ1n) is 5.43. The van der Waals surface area contributed by atoms with Crippen molar-refractivity contribution in [1.82, 2.24) is 3.71 Å². The second kappa shape index (κ2) is 7.01. The molecule has 18 heavy (non-hydrogen) atoms. The smallest absolute Gasteiger partial charge is 0.226 e. The first-order valence-corrected chi connectivity index (χ1v) is 8.89. The predicted octanol–water partition coefficient (Wildman–Crippen LogP) is 0.523. The van der Waals surface area contributed by atoms with Crippen molar-refractivity contribution in [2.75, 3.05) is 19.1 Å². The Morgan fingerprint density at radius 3 is 2.17 bits per heavy atom. The Kier molecular flexibility index (Phi) is 6.72. The number of nitrogens with zero attached hydrogens (tertiary/aromatic N) is 1. The Hall–Kier alpha value is -0.730. The standard InChI is InChI=1S/C10H19NO5S2/c1-4-10(12)8-6-5-7-9-18(15,16)11(2)17(3,13)14/h4H,1,5-9H2,2-3H3. The van der Waals surface area contributed by atoms with E-state index >= 15 is 0 Å². The SMILES string of the molecule is C=CC(=O)CCCCCS(=O)(=O)N(C)S(C)(=O)=O. The number of carbonyl (C=O) groups is 1. The molecule has 0 aliphatic rings. The van der Waals surface area contributed by atoms with E-state index in [-0.39, 0.29) is 11.5 Å². The molecule has 0 fully saturated rings. The van der Waals surface area contributed by atoms with Crippen molar-refractivity contribution in [1.29, 1.82) is 0 Å². The molecule has 8 heteroatoms. The second-order valence-corrected chi connectivity index (χ2v) is 8.30. The Morgan fingerprint density at radius 2 is 1.72 bits per heavy atom. The molecule has 0 rings (SSSR count). The van der Waals surface area contributed by atoms with E-state index in [9.17, 15) is 21.6 Å². The maximum atomic E-state index is 11.6. The van der Waals surface area contributed by atoms with Gasteiger partial charge in [-0.3, -0.25) is 4.79 Å². The molecule has 0 aromatic carbocycles. The van der Waals surface area contributed by atoms with E-state index in [1.54, 1.807) is 0 Å². The molecular weight excluding hydrogens is 278 g/mol. The molecule has 0 saturated carbocycles. The van der Waals surface area contributed by atoms with Crippen LogP contribution < -0.4 is 0 Å². The minimum Gasteiger partial charge on any atom is -0.295 e. The number of hydrogen-bond acceptors (Lipinski definition) is 5. The van der Waals surface area contributed by atoms with E-state index in [4.69, 9.17) is 0 Å². The maximum absolute atomic E-state index is 11.6. The van der Waals surface area contributed by atoms with Gasteiger partial charge < -0.3 is 0 Å². The molecule has 0 unspecified atom stereocenters. The van der Waals surface area contributed by atoms with Gasteiger partial charge in [-0.25, -0.2) is 16.8 Å². The maximum Gasteiger partial charge on any atom is 0.226 e. The Balaban J connectivity index is 4.15. The van der Waals surface area contributed by atoms with Crippen LogP contribution >= 0.6 is 0 Å². The van der Waals surface area contributed by atoms with Gasteiger partial charge in [0.25, 0.3) is 0 Å². The summed E-state index contributed by atoms with van der Waals surface area (Å²) in [6.07, 6.45) is 3.86. The molecule has 0 bridgehead atoms. The number of carbonyl (C=O) groups excluding carboxylic acids is 1. The minimum absolute atomic E-state index is 0.0777. The van der Waals surface area contributed by atoms with Crippen LogP contribution in [-0.2, 0) is 24.8 Å². The largest absolute Gasteiger partial charge is 0.295 e. The summed E-state index contributed by atoms with van der Waals surface area (Å²) in [6.45, 7) is 3.33. The van der Waals surface area contributed by atoms with Crippen molar-refractivity contribution in [3.8, 4) is 0 Å². The highest BCUT2D eigenvalue weighted by molar-refractivity contribution is 8.03. The van der Waals surface area contributed by atoms with Gasteiger partial charge in [-0.1, -0.05) is 16.7 Å². The van der Waals surface area contributed by atoms with Crippen LogP contribution in [0.4, 0.5) is 0 Å². The number of hydrogen-bond donors (Lipinski definition) is 0. The van der Waals surface area contributed by atoms with Crippen molar-refractivity contribution in [3.05, 3.63) is 12.7 Å². The third-order valence-electron chi connectivity index (χ3n) is 2.41. The fourth-order valence-corrected chi connectivity index (χ4v) is 3.90. The van der Waals surface area contributed by atoms with E-state index < -0.39 is 20.0 Å². The minimum atomic E-state index is -3.78. The van der Waals surface area contributed by atoms with Crippen LogP contribution in [0, 0.1) is 0 Å². The van der Waals surface area contributed by atoms with Crippen molar-refractivity contribution in [2.24, 2.45) is 0 Å². The lowest BCUT2D eigenvalue weighted by Gasteiger charge is -2.14. The molecule has 0 amide bonds. The molecule has 0 aliphatic heterocycles. The highest BCUT2D eigenvalue weighted by atomic mass is 32.3. The van der Waals surface area contributed by atoms with Gasteiger partial charge in [-0.2, -0.15) is 0 Å². The summed E-state index contributed by atoms with van der Waals surface area (Å²) < 4.78 is 45.7. The van der Waals surface area contributed by atoms with E-state index in [1.165, 1.54) is 6.08 Å². The van der Waals surface area contributed by atoms with Gasteiger partial charge in [0, 0.05) is 13.5 Å². The Bertz CT molecular complexity index is 492. The van der Waals surface area contributed by atoms with Crippen molar-refractivity contribution < 1.29 is 21.6 Å². The molecule has 0 aromatic heterocycles. The van der Waals surface area contributed by atoms with Gasteiger partial charge in [0.1, 0.15) is 0 Å². The first-order chi connectivity index (χ1) is 8.11. The van der Waals surface area contributed by atoms with Gasteiger partial charge in [0.05, 0.1) is 12.0 Å². The molecule has 0 atom stereocenters. The quantitative estimate of drug-likeness (QED) is 0.457. The van der Waals surface area contributed by atoms with Crippen LogP contribution in [0.2, 0.25) is 0 Å². The van der Waals surface area contributed by atoms with Crippen LogP contribution in [0.1, 0.15) is 25.7 Å². The highest BCUT2D eigenvalue weighted by Gasteiger charge is 2.25. The lowest BCUT2D eigenvalue weighted by atomic mass is 10.1. The molecule has 0 aliphatic carbocycles. The molecule has 6 nitrogen and oxygen atoms in total. The molecule has 106 valence electrons. The third kappa shape index (κ3) is 6.27. The van der Waals surface area contributed by atoms with Crippen LogP contribution in [0.3, 0.4) is 0 Å². The summed E-state index contributed by atoms with van der Waals surface area (Å²) >= 11 is 0. The molecule has 0 radical (unpaired) electrons. The van der Waals surface area contributed by atoms with Crippen LogP contribution in [-0.4, -0.2) is 45.4 Å². The van der Waals surface area contributed by atoms with Crippen LogP contribution in [0.25, 0.3) is 0 Å². The zero-order valence-electron chi connectivity index (χ0n) is 10.6. The summed E-state index contributed by atoms with van der Waals surface area (Å²) in [5.74, 6) is -0.315. The monoisotopic (exact) mass is 297 g/mol. The average molecular weight is 297 g/mol. The fraction of sp³-hybridized carbons (Fsp3) is 0.700. The van der Waals surface area contributed by atoms with Gasteiger partial charge in [-0.15, -0.1) is 0 Å². The summed E-state index contributed by atoms with van der Waals surface area (Å²) in [5.41, 5.74) is 0. The van der Waals surface area contributed by atoms with E-state index in [0.717, 1.165) is 13.3 Å². The second-order valence-electron chi connectivity index (χ2n) is 3.94. The fourth-order valence-electron chi connectivity index (χ4n) is 1.20. The molecule has 0 saturated heterocycles. The average Bonchev–Trinajstić information content (AvgIpc) is 2.25. The normalized spacial score (nSPS) is 12.6. The number of allylic oxidation sites excluding steroid dienone is 1. The van der Waals surface area contributed by atoms with Crippen molar-refractivity contribution in [2.45, 2.75) is 25.7 Å². The molecule has 0 N–H and O–H groups in total. The predicted molar refractivity (Wildman–Crippen MR) is 70.1 cm³/mol. The van der Waals surface area contributed by atoms with E-state index in [0.29, 0.717) is 29.4 Å². The zero-order valence-corrected chi connectivity index (χ0v) is 12.3. The molecule has 0 spiro atoms. The molecule has 0 aromatic rings.